The van der Waals surface area contributed by atoms with Crippen molar-refractivity contribution < 1.29 is 31.5 Å². The summed E-state index contributed by atoms with van der Waals surface area (Å²) in [6.07, 6.45) is -4.63. The van der Waals surface area contributed by atoms with Gasteiger partial charge in [-0.25, -0.2) is 0 Å². The summed E-state index contributed by atoms with van der Waals surface area (Å²) in [5, 5.41) is 10.0. The highest BCUT2D eigenvalue weighted by Gasteiger charge is 2.36. The van der Waals surface area contributed by atoms with Crippen LogP contribution in [0, 0.1) is 0 Å². The fourth-order valence-electron chi connectivity index (χ4n) is 3.14. The van der Waals surface area contributed by atoms with E-state index in [0.717, 1.165) is 35.6 Å². The van der Waals surface area contributed by atoms with Gasteiger partial charge in [0.1, 0.15) is 15.6 Å². The Hall–Kier alpha value is -3.02. The minimum atomic E-state index is -4.63. The summed E-state index contributed by atoms with van der Waals surface area (Å²) in [5.41, 5.74) is -1.57. The van der Waals surface area contributed by atoms with Crippen molar-refractivity contribution in [2.45, 2.75) is 12.1 Å². The normalized spacial score (nSPS) is 12.1. The molecule has 35 heavy (non-hydrogen) atoms. The summed E-state index contributed by atoms with van der Waals surface area (Å²) in [6.45, 7) is -1.14. The van der Waals surface area contributed by atoms with Gasteiger partial charge in [-0.2, -0.15) is 22.0 Å². The molecule has 0 radical (unpaired) electrons. The third kappa shape index (κ3) is 5.47. The van der Waals surface area contributed by atoms with Gasteiger partial charge in [0.05, 0.1) is 27.5 Å². The molecule has 5 nitrogen and oxygen atoms in total. The number of hydrogen-bond acceptors (Lipinski definition) is 5. The molecule has 0 saturated carbocycles. The number of nitrogens with one attached hydrogen (secondary N) is 1. The zero-order chi connectivity index (χ0) is 25.4. The maximum atomic E-state index is 14.7. The van der Waals surface area contributed by atoms with Crippen molar-refractivity contribution >= 4 is 51.3 Å². The average Bonchev–Trinajstić information content (AvgIpc) is 3.16. The van der Waals surface area contributed by atoms with Crippen LogP contribution < -0.4 is 10.1 Å². The Morgan fingerprint density at radius 3 is 2.43 bits per heavy atom. The molecule has 2 heterocycles. The van der Waals surface area contributed by atoms with Gasteiger partial charge in [-0.3, -0.25) is 4.79 Å². The van der Waals surface area contributed by atoms with Gasteiger partial charge in [-0.1, -0.05) is 47.5 Å². The topological polar surface area (TPSA) is 64.1 Å². The molecule has 0 bridgehead atoms. The molecule has 182 valence electrons. The number of amides is 1. The minimum absolute atomic E-state index is 0.0529. The molecule has 0 spiro atoms. The smallest absolute Gasteiger partial charge is 0.416 e. The second kappa shape index (κ2) is 9.56. The van der Waals surface area contributed by atoms with Crippen LogP contribution in [0.1, 0.15) is 21.5 Å². The molecule has 0 aliphatic carbocycles. The van der Waals surface area contributed by atoms with Crippen molar-refractivity contribution in [2.75, 3.05) is 6.54 Å². The predicted molar refractivity (Wildman–Crippen MR) is 122 cm³/mol. The van der Waals surface area contributed by atoms with E-state index < -0.39 is 41.6 Å². The van der Waals surface area contributed by atoms with Gasteiger partial charge in [0.15, 0.2) is 0 Å². The van der Waals surface area contributed by atoms with Crippen LogP contribution in [-0.2, 0) is 12.1 Å². The van der Waals surface area contributed by atoms with Gasteiger partial charge >= 0.3 is 6.18 Å². The van der Waals surface area contributed by atoms with E-state index in [4.69, 9.17) is 27.9 Å². The summed E-state index contributed by atoms with van der Waals surface area (Å²) in [6, 6.07) is 11.1. The molecule has 2 aromatic carbocycles. The van der Waals surface area contributed by atoms with Crippen LogP contribution in [-0.4, -0.2) is 22.6 Å². The molecule has 0 fully saturated rings. The first-order valence-corrected chi connectivity index (χ1v) is 11.2. The SMILES string of the molecule is O=C(NCC(F)(F)c1cc(Cl)sc1Cl)c1c(Oc2cccc(C(F)(F)F)c2)nnc2ccccc12. The number of benzene rings is 2. The molecule has 4 aromatic rings. The van der Waals surface area contributed by atoms with Gasteiger partial charge in [0.2, 0.25) is 0 Å². The zero-order valence-corrected chi connectivity index (χ0v) is 19.5. The molecule has 13 heteroatoms. The number of fused-ring (bicyclic) bond motifs is 1. The highest BCUT2D eigenvalue weighted by molar-refractivity contribution is 7.20. The van der Waals surface area contributed by atoms with Crippen LogP contribution in [0.5, 0.6) is 11.6 Å². The maximum Gasteiger partial charge on any atom is 0.416 e. The van der Waals surface area contributed by atoms with E-state index in [2.05, 4.69) is 15.5 Å². The van der Waals surface area contributed by atoms with Crippen molar-refractivity contribution in [3.8, 4) is 11.6 Å². The summed E-state index contributed by atoms with van der Waals surface area (Å²) in [7, 11) is 0. The fourth-order valence-corrected chi connectivity index (χ4v) is 4.71. The average molecular weight is 548 g/mol. The Bertz CT molecular complexity index is 1410. The summed E-state index contributed by atoms with van der Waals surface area (Å²) >= 11 is 12.3. The number of thiophene rings is 1. The van der Waals surface area contributed by atoms with Crippen molar-refractivity contribution in [1.82, 2.24) is 15.5 Å². The van der Waals surface area contributed by atoms with E-state index in [-0.39, 0.29) is 30.9 Å². The number of halogens is 7. The third-order valence-electron chi connectivity index (χ3n) is 4.76. The van der Waals surface area contributed by atoms with Crippen LogP contribution in [0.15, 0.2) is 54.6 Å². The number of ether oxygens (including phenoxy) is 1. The molecular formula is C22H12Cl2F5N3O2S. The number of rotatable bonds is 6. The Labute approximate surface area is 208 Å². The first kappa shape index (κ1) is 25.1. The monoisotopic (exact) mass is 547 g/mol. The lowest BCUT2D eigenvalue weighted by atomic mass is 10.1. The zero-order valence-electron chi connectivity index (χ0n) is 17.2. The standard InChI is InChI=1S/C22H12Cl2F5N3O2S/c23-16-9-14(18(24)35-16)21(25,26)10-30-19(33)17-13-6-1-2-7-15(13)31-32-20(17)34-12-5-3-4-11(8-12)22(27,28)29/h1-9H,10H2,(H,30,33). The van der Waals surface area contributed by atoms with Crippen LogP contribution in [0.3, 0.4) is 0 Å². The second-order valence-electron chi connectivity index (χ2n) is 7.15. The van der Waals surface area contributed by atoms with Gasteiger partial charge < -0.3 is 10.1 Å². The number of hydrogen-bond donors (Lipinski definition) is 1. The molecule has 2 aromatic heterocycles. The predicted octanol–water partition coefficient (Wildman–Crippen LogP) is 7.33. The van der Waals surface area contributed by atoms with Crippen LogP contribution in [0.4, 0.5) is 22.0 Å². The van der Waals surface area contributed by atoms with Gasteiger partial charge in [0.25, 0.3) is 17.7 Å². The summed E-state index contributed by atoms with van der Waals surface area (Å²) in [4.78, 5) is 13.0. The number of carbonyl (C=O) groups is 1. The lowest BCUT2D eigenvalue weighted by molar-refractivity contribution is -0.137. The number of alkyl halides is 5. The van der Waals surface area contributed by atoms with Gasteiger partial charge in [0, 0.05) is 5.39 Å². The van der Waals surface area contributed by atoms with E-state index in [1.165, 1.54) is 18.2 Å². The lowest BCUT2D eigenvalue weighted by Gasteiger charge is -2.18. The maximum absolute atomic E-state index is 14.7. The number of aromatic nitrogens is 2. The van der Waals surface area contributed by atoms with Crippen molar-refractivity contribution in [3.63, 3.8) is 0 Å². The first-order valence-electron chi connectivity index (χ1n) is 9.67. The van der Waals surface area contributed by atoms with E-state index in [1.54, 1.807) is 12.1 Å². The van der Waals surface area contributed by atoms with Crippen molar-refractivity contribution in [2.24, 2.45) is 0 Å². The molecule has 0 aliphatic rings. The Morgan fingerprint density at radius 1 is 1.00 bits per heavy atom. The largest absolute Gasteiger partial charge is 0.437 e. The lowest BCUT2D eigenvalue weighted by Crippen LogP contribution is -2.35. The summed E-state index contributed by atoms with van der Waals surface area (Å²) < 4.78 is 73.9. The third-order valence-corrected chi connectivity index (χ3v) is 6.25. The first-order chi connectivity index (χ1) is 16.5. The molecular weight excluding hydrogens is 536 g/mol. The molecule has 1 amide bonds. The van der Waals surface area contributed by atoms with Crippen molar-refractivity contribution in [1.29, 1.82) is 0 Å². The molecule has 0 aliphatic heterocycles. The fraction of sp³-hybridized carbons (Fsp3) is 0.136. The highest BCUT2D eigenvalue weighted by Crippen LogP contribution is 2.40. The van der Waals surface area contributed by atoms with Crippen molar-refractivity contribution in [3.05, 3.63) is 80.0 Å². The van der Waals surface area contributed by atoms with Crippen LogP contribution in [0.25, 0.3) is 10.9 Å². The van der Waals surface area contributed by atoms with Gasteiger partial charge in [-0.15, -0.1) is 21.5 Å². The highest BCUT2D eigenvalue weighted by atomic mass is 35.5. The number of nitrogens with zero attached hydrogens (tertiary/aromatic N) is 2. The number of carbonyl (C=O) groups excluding carboxylic acids is 1. The van der Waals surface area contributed by atoms with E-state index in [1.807, 2.05) is 0 Å². The van der Waals surface area contributed by atoms with Gasteiger partial charge in [-0.05, 0) is 30.3 Å². The minimum Gasteiger partial charge on any atom is -0.437 e. The van der Waals surface area contributed by atoms with E-state index in [0.29, 0.717) is 0 Å². The Balaban J connectivity index is 1.67. The van der Waals surface area contributed by atoms with E-state index in [9.17, 15) is 26.7 Å². The molecule has 0 unspecified atom stereocenters. The molecule has 0 saturated heterocycles. The molecule has 4 rings (SSSR count). The Kier molecular flexibility index (Phi) is 6.85. The van der Waals surface area contributed by atoms with Crippen LogP contribution >= 0.6 is 34.5 Å². The molecule has 0 atom stereocenters. The quantitative estimate of drug-likeness (QED) is 0.256. The molecule has 1 N–H and O–H groups in total. The van der Waals surface area contributed by atoms with Crippen LogP contribution in [0.2, 0.25) is 8.67 Å². The Morgan fingerprint density at radius 2 is 1.74 bits per heavy atom. The van der Waals surface area contributed by atoms with E-state index >= 15 is 0 Å². The summed E-state index contributed by atoms with van der Waals surface area (Å²) in [5.74, 6) is -5.30. The second-order valence-corrected chi connectivity index (χ2v) is 9.44.